The third-order valence-corrected chi connectivity index (χ3v) is 5.36. The molecular formula is C23H27N5O2. The Balaban J connectivity index is 1.31. The normalized spacial score (nSPS) is 14.8. The van der Waals surface area contributed by atoms with Crippen molar-refractivity contribution in [2.24, 2.45) is 0 Å². The minimum absolute atomic E-state index is 0.157. The van der Waals surface area contributed by atoms with Gasteiger partial charge in [-0.2, -0.15) is 0 Å². The molecule has 0 spiro atoms. The maximum atomic E-state index is 12.7. The number of benzene rings is 2. The predicted molar refractivity (Wildman–Crippen MR) is 117 cm³/mol. The number of nitrogens with zero attached hydrogens (tertiary/aromatic N) is 4. The van der Waals surface area contributed by atoms with Crippen molar-refractivity contribution in [3.8, 4) is 5.75 Å². The van der Waals surface area contributed by atoms with Gasteiger partial charge in [-0.25, -0.2) is 9.97 Å². The fraction of sp³-hybridized carbons (Fsp3) is 0.348. The van der Waals surface area contributed by atoms with Gasteiger partial charge in [0, 0.05) is 31.6 Å². The van der Waals surface area contributed by atoms with Crippen molar-refractivity contribution in [1.29, 1.82) is 0 Å². The Hall–Kier alpha value is -3.19. The fourth-order valence-electron chi connectivity index (χ4n) is 3.73. The number of fused-ring (bicyclic) bond motifs is 1. The number of nitrogens with two attached hydrogens (primary N) is 1. The molecule has 2 aromatic carbocycles. The van der Waals surface area contributed by atoms with Crippen LogP contribution in [0.15, 0.2) is 48.5 Å². The lowest BCUT2D eigenvalue weighted by molar-refractivity contribution is -0.132. The van der Waals surface area contributed by atoms with Crippen LogP contribution >= 0.6 is 0 Å². The molecule has 3 aromatic rings. The van der Waals surface area contributed by atoms with Gasteiger partial charge in [-0.3, -0.25) is 9.69 Å². The minimum Gasteiger partial charge on any atom is -0.494 e. The van der Waals surface area contributed by atoms with Gasteiger partial charge in [0.25, 0.3) is 0 Å². The van der Waals surface area contributed by atoms with Gasteiger partial charge in [-0.1, -0.05) is 24.3 Å². The first-order valence-corrected chi connectivity index (χ1v) is 10.4. The summed E-state index contributed by atoms with van der Waals surface area (Å²) in [7, 11) is 0. The Bertz CT molecular complexity index is 1010. The first-order chi connectivity index (χ1) is 14.6. The highest BCUT2D eigenvalue weighted by Gasteiger charge is 2.22. The number of piperazine rings is 1. The maximum Gasteiger partial charge on any atom is 0.227 e. The summed E-state index contributed by atoms with van der Waals surface area (Å²) >= 11 is 0. The van der Waals surface area contributed by atoms with Crippen molar-refractivity contribution in [2.75, 3.05) is 38.5 Å². The zero-order valence-corrected chi connectivity index (χ0v) is 17.3. The van der Waals surface area contributed by atoms with Gasteiger partial charge in [-0.15, -0.1) is 0 Å². The van der Waals surface area contributed by atoms with Crippen molar-refractivity contribution >= 4 is 22.6 Å². The molecule has 4 rings (SSSR count). The molecule has 0 bridgehead atoms. The smallest absolute Gasteiger partial charge is 0.227 e. The molecule has 2 N–H and O–H groups in total. The molecule has 0 aliphatic carbocycles. The topological polar surface area (TPSA) is 84.6 Å². The van der Waals surface area contributed by atoms with Crippen LogP contribution in [-0.2, 0) is 17.8 Å². The fourth-order valence-corrected chi connectivity index (χ4v) is 3.73. The Morgan fingerprint density at radius 3 is 2.50 bits per heavy atom. The number of carbonyl (C=O) groups excluding carboxylic acids is 1. The van der Waals surface area contributed by atoms with Crippen molar-refractivity contribution < 1.29 is 9.53 Å². The van der Waals surface area contributed by atoms with Gasteiger partial charge in [0.1, 0.15) is 17.4 Å². The van der Waals surface area contributed by atoms with E-state index in [1.54, 1.807) is 0 Å². The van der Waals surface area contributed by atoms with Gasteiger partial charge in [-0.05, 0) is 36.8 Å². The molecular weight excluding hydrogens is 378 g/mol. The number of nitrogen functional groups attached to an aromatic ring is 1. The lowest BCUT2D eigenvalue weighted by atomic mass is 10.1. The monoisotopic (exact) mass is 405 g/mol. The van der Waals surface area contributed by atoms with Crippen LogP contribution in [0, 0.1) is 0 Å². The number of anilines is 1. The zero-order valence-electron chi connectivity index (χ0n) is 17.3. The van der Waals surface area contributed by atoms with E-state index in [-0.39, 0.29) is 5.91 Å². The molecule has 1 aromatic heterocycles. The van der Waals surface area contributed by atoms with Gasteiger partial charge < -0.3 is 15.4 Å². The molecule has 7 heteroatoms. The van der Waals surface area contributed by atoms with E-state index in [4.69, 9.17) is 10.5 Å². The average molecular weight is 406 g/mol. The molecule has 1 aliphatic heterocycles. The van der Waals surface area contributed by atoms with E-state index in [1.165, 1.54) is 0 Å². The van der Waals surface area contributed by atoms with E-state index in [1.807, 2.05) is 60.4 Å². The first kappa shape index (κ1) is 20.1. The highest BCUT2D eigenvalue weighted by molar-refractivity contribution is 5.87. The van der Waals surface area contributed by atoms with Crippen LogP contribution in [0.1, 0.15) is 18.3 Å². The van der Waals surface area contributed by atoms with E-state index in [0.29, 0.717) is 38.5 Å². The van der Waals surface area contributed by atoms with E-state index in [0.717, 1.165) is 41.1 Å². The van der Waals surface area contributed by atoms with E-state index < -0.39 is 0 Å². The molecule has 7 nitrogen and oxygen atoms in total. The summed E-state index contributed by atoms with van der Waals surface area (Å²) in [4.78, 5) is 26.0. The van der Waals surface area contributed by atoms with E-state index in [9.17, 15) is 4.79 Å². The van der Waals surface area contributed by atoms with Gasteiger partial charge >= 0.3 is 0 Å². The van der Waals surface area contributed by atoms with E-state index in [2.05, 4.69) is 14.9 Å². The second-order valence-electron chi connectivity index (χ2n) is 7.45. The SMILES string of the molecule is CCOc1ccc(CC(=O)N2CCN(Cc3nc(N)c4ccccc4n3)CC2)cc1. The number of hydrogen-bond acceptors (Lipinski definition) is 6. The highest BCUT2D eigenvalue weighted by atomic mass is 16.5. The van der Waals surface area contributed by atoms with Crippen LogP contribution in [0.2, 0.25) is 0 Å². The molecule has 0 atom stereocenters. The quantitative estimate of drug-likeness (QED) is 0.678. The largest absolute Gasteiger partial charge is 0.494 e. The number of hydrogen-bond donors (Lipinski definition) is 1. The van der Waals surface area contributed by atoms with Crippen molar-refractivity contribution in [2.45, 2.75) is 19.9 Å². The number of aromatic nitrogens is 2. The Morgan fingerprint density at radius 1 is 1.03 bits per heavy atom. The lowest BCUT2D eigenvalue weighted by Gasteiger charge is -2.34. The molecule has 0 saturated carbocycles. The van der Waals surface area contributed by atoms with Crippen LogP contribution < -0.4 is 10.5 Å². The molecule has 1 saturated heterocycles. The lowest BCUT2D eigenvalue weighted by Crippen LogP contribution is -2.48. The van der Waals surface area contributed by atoms with Crippen molar-refractivity contribution in [1.82, 2.24) is 19.8 Å². The molecule has 1 aliphatic rings. The highest BCUT2D eigenvalue weighted by Crippen LogP contribution is 2.18. The van der Waals surface area contributed by atoms with Crippen molar-refractivity contribution in [3.05, 3.63) is 59.9 Å². The molecule has 1 fully saturated rings. The Morgan fingerprint density at radius 2 is 1.77 bits per heavy atom. The third-order valence-electron chi connectivity index (χ3n) is 5.36. The maximum absolute atomic E-state index is 12.7. The Kier molecular flexibility index (Phi) is 6.09. The summed E-state index contributed by atoms with van der Waals surface area (Å²) in [6.45, 7) is 6.24. The van der Waals surface area contributed by atoms with E-state index >= 15 is 0 Å². The number of ether oxygens (including phenoxy) is 1. The second kappa shape index (κ2) is 9.09. The van der Waals surface area contributed by atoms with Crippen LogP contribution in [-0.4, -0.2) is 58.5 Å². The molecule has 2 heterocycles. The molecule has 156 valence electrons. The molecule has 30 heavy (non-hydrogen) atoms. The number of amides is 1. The summed E-state index contributed by atoms with van der Waals surface area (Å²) < 4.78 is 5.45. The summed E-state index contributed by atoms with van der Waals surface area (Å²) in [5.74, 6) is 2.23. The number of rotatable bonds is 6. The third kappa shape index (κ3) is 4.68. The van der Waals surface area contributed by atoms with Crippen LogP contribution in [0.4, 0.5) is 5.82 Å². The molecule has 0 radical (unpaired) electrons. The van der Waals surface area contributed by atoms with Crippen LogP contribution in [0.25, 0.3) is 10.9 Å². The average Bonchev–Trinajstić information content (AvgIpc) is 2.76. The number of carbonyl (C=O) groups is 1. The van der Waals surface area contributed by atoms with Gasteiger partial charge in [0.05, 0.1) is 25.1 Å². The number of para-hydroxylation sites is 1. The Labute approximate surface area is 176 Å². The minimum atomic E-state index is 0.157. The van der Waals surface area contributed by atoms with Crippen LogP contribution in [0.3, 0.4) is 0 Å². The summed E-state index contributed by atoms with van der Waals surface area (Å²) in [6.07, 6.45) is 0.413. The second-order valence-corrected chi connectivity index (χ2v) is 7.45. The predicted octanol–water partition coefficient (Wildman–Crippen LogP) is 2.50. The van der Waals surface area contributed by atoms with Gasteiger partial charge in [0.15, 0.2) is 0 Å². The molecule has 0 unspecified atom stereocenters. The summed E-state index contributed by atoms with van der Waals surface area (Å²) in [6, 6.07) is 15.5. The summed E-state index contributed by atoms with van der Waals surface area (Å²) in [5.41, 5.74) is 7.96. The van der Waals surface area contributed by atoms with Crippen molar-refractivity contribution in [3.63, 3.8) is 0 Å². The first-order valence-electron chi connectivity index (χ1n) is 10.4. The molecule has 1 amide bonds. The van der Waals surface area contributed by atoms with Gasteiger partial charge in [0.2, 0.25) is 5.91 Å². The zero-order chi connectivity index (χ0) is 20.9. The van der Waals surface area contributed by atoms with Crippen LogP contribution in [0.5, 0.6) is 5.75 Å². The summed E-state index contributed by atoms with van der Waals surface area (Å²) in [5, 5.41) is 0.881. The standard InChI is InChI=1S/C23H27N5O2/c1-2-30-18-9-7-17(8-10-18)15-22(29)28-13-11-27(12-14-28)16-21-25-20-6-4-3-5-19(20)23(24)26-21/h3-10H,2,11-16H2,1H3,(H2,24,25,26).